The number of carbonyl (C=O) groups excluding carboxylic acids is 2. The molecule has 1 aliphatic carbocycles. The Labute approximate surface area is 143 Å². The molecule has 24 heavy (non-hydrogen) atoms. The number of methoxy groups -OCH3 is 2. The number of esters is 1. The molecule has 0 saturated heterocycles. The average Bonchev–Trinajstić information content (AvgIpc) is 2.53. The first-order chi connectivity index (χ1) is 11.3. The molecule has 0 N–H and O–H groups in total. The molecule has 1 rings (SSSR count). The largest absolute Gasteiger partial charge is 0.500 e. The lowest BCUT2D eigenvalue weighted by Crippen LogP contribution is -2.44. The van der Waals surface area contributed by atoms with Crippen molar-refractivity contribution < 1.29 is 23.9 Å². The maximum atomic E-state index is 13.1. The van der Waals surface area contributed by atoms with Gasteiger partial charge in [-0.15, -0.1) is 0 Å². The summed E-state index contributed by atoms with van der Waals surface area (Å²) in [6.45, 7) is 9.49. The van der Waals surface area contributed by atoms with E-state index in [0.717, 1.165) is 6.42 Å². The van der Waals surface area contributed by atoms with Crippen LogP contribution in [-0.2, 0) is 23.9 Å². The van der Waals surface area contributed by atoms with E-state index in [-0.39, 0.29) is 12.4 Å². The minimum Gasteiger partial charge on any atom is -0.500 e. The van der Waals surface area contributed by atoms with E-state index in [1.165, 1.54) is 14.2 Å². The smallest absolute Gasteiger partial charge is 0.317 e. The van der Waals surface area contributed by atoms with Gasteiger partial charge in [0.25, 0.3) is 0 Å². The van der Waals surface area contributed by atoms with E-state index in [1.807, 2.05) is 20.8 Å². The van der Waals surface area contributed by atoms with Gasteiger partial charge in [0.2, 0.25) is 0 Å². The molecule has 0 amide bonds. The van der Waals surface area contributed by atoms with Crippen molar-refractivity contribution in [1.82, 2.24) is 0 Å². The summed E-state index contributed by atoms with van der Waals surface area (Å²) >= 11 is 0. The molecule has 0 aromatic heterocycles. The van der Waals surface area contributed by atoms with E-state index in [1.54, 1.807) is 6.08 Å². The number of ketones is 1. The summed E-state index contributed by atoms with van der Waals surface area (Å²) in [6, 6.07) is 0. The summed E-state index contributed by atoms with van der Waals surface area (Å²) in [5.74, 6) is -1.23. The van der Waals surface area contributed by atoms with Crippen LogP contribution in [-0.4, -0.2) is 38.3 Å². The summed E-state index contributed by atoms with van der Waals surface area (Å²) in [4.78, 5) is 30.4. The van der Waals surface area contributed by atoms with Gasteiger partial charge in [0.05, 0.1) is 25.5 Å². The molecule has 1 atom stereocenters. The minimum absolute atomic E-state index is 0.239. The summed E-state index contributed by atoms with van der Waals surface area (Å²) in [7, 11) is 2.81. The molecule has 0 heterocycles. The van der Waals surface area contributed by atoms with Crippen molar-refractivity contribution in [3.05, 3.63) is 24.0 Å². The zero-order chi connectivity index (χ0) is 18.3. The number of nitrogens with zero attached hydrogens (tertiary/aromatic N) is 1. The maximum absolute atomic E-state index is 13.1. The second-order valence-electron chi connectivity index (χ2n) is 6.36. The highest BCUT2D eigenvalue weighted by Crippen LogP contribution is 2.43. The van der Waals surface area contributed by atoms with Gasteiger partial charge >= 0.3 is 5.97 Å². The van der Waals surface area contributed by atoms with Crippen molar-refractivity contribution in [2.24, 2.45) is 16.5 Å². The van der Waals surface area contributed by atoms with Gasteiger partial charge < -0.3 is 14.3 Å². The molecule has 0 fully saturated rings. The lowest BCUT2D eigenvalue weighted by Gasteiger charge is -2.37. The zero-order valence-electron chi connectivity index (χ0n) is 15.2. The van der Waals surface area contributed by atoms with E-state index >= 15 is 0 Å². The third-order valence-corrected chi connectivity index (χ3v) is 4.01. The fraction of sp³-hybridized carbons (Fsp3) is 0.611. The lowest BCUT2D eigenvalue weighted by atomic mass is 9.67. The van der Waals surface area contributed by atoms with Crippen LogP contribution in [0, 0.1) is 11.3 Å². The Hall–Kier alpha value is -2.11. The van der Waals surface area contributed by atoms with Gasteiger partial charge in [-0.2, -0.15) is 0 Å². The third-order valence-electron chi connectivity index (χ3n) is 4.01. The second kappa shape index (κ2) is 8.66. The quantitative estimate of drug-likeness (QED) is 0.170. The third kappa shape index (κ3) is 4.24. The first kappa shape index (κ1) is 19.9. The highest BCUT2D eigenvalue weighted by molar-refractivity contribution is 6.27. The minimum atomic E-state index is -0.891. The second-order valence-corrected chi connectivity index (χ2v) is 6.36. The number of rotatable bonds is 8. The number of Topliss-reactive ketones (excluding diaryl/α,β-unsaturated/α-hetero) is 1. The Morgan fingerprint density at radius 2 is 2.08 bits per heavy atom. The molecule has 0 aliphatic heterocycles. The Morgan fingerprint density at radius 1 is 1.42 bits per heavy atom. The number of ether oxygens (including phenoxy) is 2. The Morgan fingerprint density at radius 3 is 2.58 bits per heavy atom. The van der Waals surface area contributed by atoms with Crippen LogP contribution in [0.15, 0.2) is 29.1 Å². The molecule has 0 aromatic carbocycles. The van der Waals surface area contributed by atoms with Gasteiger partial charge in [0.1, 0.15) is 18.3 Å². The first-order valence-corrected chi connectivity index (χ1v) is 8.03. The molecule has 0 saturated carbocycles. The van der Waals surface area contributed by atoms with E-state index in [0.29, 0.717) is 29.9 Å². The highest BCUT2D eigenvalue weighted by Gasteiger charge is 2.49. The van der Waals surface area contributed by atoms with Gasteiger partial charge in [0, 0.05) is 6.42 Å². The molecule has 1 aliphatic rings. The molecule has 0 aromatic rings. The molecular formula is C18H27NO5. The normalized spacial score (nSPS) is 20.6. The summed E-state index contributed by atoms with van der Waals surface area (Å²) < 4.78 is 10.3. The van der Waals surface area contributed by atoms with Crippen LogP contribution in [0.1, 0.15) is 40.0 Å². The standard InChI is InChI=1S/C18H27NO5/c1-7-9-12(19-24-10-8-2)14-13(22-5)11-18(3,4)15(16(14)20)17(21)23-6/h8,15H,2,7,9-11H2,1,3-6H3/b19-12-/t15-/m0/s1. The van der Waals surface area contributed by atoms with Crippen LogP contribution in [0.3, 0.4) is 0 Å². The van der Waals surface area contributed by atoms with Gasteiger partial charge in [-0.25, -0.2) is 0 Å². The number of allylic oxidation sites excluding steroid dienone is 2. The summed E-state index contributed by atoms with van der Waals surface area (Å²) in [5.41, 5.74) is 0.224. The maximum Gasteiger partial charge on any atom is 0.317 e. The summed E-state index contributed by atoms with van der Waals surface area (Å²) in [5, 5.41) is 4.08. The first-order valence-electron chi connectivity index (χ1n) is 8.03. The van der Waals surface area contributed by atoms with Gasteiger partial charge in [-0.05, 0) is 11.8 Å². The monoisotopic (exact) mass is 337 g/mol. The van der Waals surface area contributed by atoms with Crippen molar-refractivity contribution in [3.63, 3.8) is 0 Å². The van der Waals surface area contributed by atoms with E-state index in [4.69, 9.17) is 14.3 Å². The predicted octanol–water partition coefficient (Wildman–Crippen LogP) is 3.03. The van der Waals surface area contributed by atoms with Crippen LogP contribution in [0.25, 0.3) is 0 Å². The lowest BCUT2D eigenvalue weighted by molar-refractivity contribution is -0.154. The van der Waals surface area contributed by atoms with Gasteiger partial charge in [-0.3, -0.25) is 9.59 Å². The SMILES string of the molecule is C=CCO/N=C(/CCC)C1=C(OC)CC(C)(C)[C@H](C(=O)OC)C1=O. The fourth-order valence-electron chi connectivity index (χ4n) is 2.88. The number of oxime groups is 1. The Kier molecular flexibility index (Phi) is 7.19. The van der Waals surface area contributed by atoms with Crippen LogP contribution in [0.2, 0.25) is 0 Å². The molecule has 0 spiro atoms. The van der Waals surface area contributed by atoms with Crippen molar-refractivity contribution >= 4 is 17.5 Å². The van der Waals surface area contributed by atoms with E-state index < -0.39 is 17.3 Å². The predicted molar refractivity (Wildman–Crippen MR) is 91.4 cm³/mol. The molecular weight excluding hydrogens is 310 g/mol. The van der Waals surface area contributed by atoms with Crippen molar-refractivity contribution in [2.75, 3.05) is 20.8 Å². The van der Waals surface area contributed by atoms with Crippen molar-refractivity contribution in [2.45, 2.75) is 40.0 Å². The topological polar surface area (TPSA) is 74.2 Å². The van der Waals surface area contributed by atoms with Crippen LogP contribution in [0.5, 0.6) is 0 Å². The van der Waals surface area contributed by atoms with Gasteiger partial charge in [-0.1, -0.05) is 45.0 Å². The molecule has 6 heteroatoms. The average molecular weight is 337 g/mol. The van der Waals surface area contributed by atoms with E-state index in [9.17, 15) is 9.59 Å². The van der Waals surface area contributed by atoms with Gasteiger partial charge in [0.15, 0.2) is 5.78 Å². The molecule has 6 nitrogen and oxygen atoms in total. The molecule has 0 unspecified atom stereocenters. The van der Waals surface area contributed by atoms with Crippen LogP contribution >= 0.6 is 0 Å². The van der Waals surface area contributed by atoms with Crippen molar-refractivity contribution in [1.29, 1.82) is 0 Å². The number of hydrogen-bond acceptors (Lipinski definition) is 6. The molecule has 0 radical (unpaired) electrons. The zero-order valence-corrected chi connectivity index (χ0v) is 15.2. The number of carbonyl (C=O) groups is 2. The number of hydrogen-bond donors (Lipinski definition) is 0. The summed E-state index contributed by atoms with van der Waals surface area (Å²) in [6.07, 6.45) is 3.33. The highest BCUT2D eigenvalue weighted by atomic mass is 16.6. The molecule has 134 valence electrons. The van der Waals surface area contributed by atoms with Crippen LogP contribution < -0.4 is 0 Å². The van der Waals surface area contributed by atoms with Crippen molar-refractivity contribution in [3.8, 4) is 0 Å². The molecule has 0 bridgehead atoms. The van der Waals surface area contributed by atoms with E-state index in [2.05, 4.69) is 11.7 Å². The fourth-order valence-corrected chi connectivity index (χ4v) is 2.88. The van der Waals surface area contributed by atoms with Crippen LogP contribution in [0.4, 0.5) is 0 Å². The Balaban J connectivity index is 3.40. The Bertz CT molecular complexity index is 560.